The summed E-state index contributed by atoms with van der Waals surface area (Å²) in [6.07, 6.45) is 1.01. The van der Waals surface area contributed by atoms with Crippen molar-refractivity contribution in [1.29, 1.82) is 0 Å². The highest BCUT2D eigenvalue weighted by molar-refractivity contribution is 7.12. The molecule has 0 aromatic carbocycles. The Hall–Kier alpha value is -0.870. The topological polar surface area (TPSA) is 49.3 Å². The van der Waals surface area contributed by atoms with Crippen molar-refractivity contribution in [3.8, 4) is 0 Å². The molecule has 4 heteroatoms. The Kier molecular flexibility index (Phi) is 3.88. The Labute approximate surface area is 94.1 Å². The van der Waals surface area contributed by atoms with E-state index in [1.165, 1.54) is 11.3 Å². The monoisotopic (exact) mass is 227 g/mol. The lowest BCUT2D eigenvalue weighted by molar-refractivity contribution is 0.0700. The molecule has 0 radical (unpaired) electrons. The third-order valence-electron chi connectivity index (χ3n) is 2.58. The highest BCUT2D eigenvalue weighted by Crippen LogP contribution is 2.18. The fourth-order valence-electron chi connectivity index (χ4n) is 1.12. The van der Waals surface area contributed by atoms with E-state index < -0.39 is 5.97 Å². The fourth-order valence-corrected chi connectivity index (χ4v) is 1.88. The van der Waals surface area contributed by atoms with E-state index in [0.717, 1.165) is 12.0 Å². The van der Waals surface area contributed by atoms with E-state index in [-0.39, 0.29) is 5.54 Å². The van der Waals surface area contributed by atoms with Crippen LogP contribution in [0.25, 0.3) is 0 Å². The van der Waals surface area contributed by atoms with E-state index in [9.17, 15) is 4.79 Å². The molecule has 15 heavy (non-hydrogen) atoms. The van der Waals surface area contributed by atoms with Crippen LogP contribution in [0.15, 0.2) is 11.4 Å². The summed E-state index contributed by atoms with van der Waals surface area (Å²) in [5.41, 5.74) is 0.923. The van der Waals surface area contributed by atoms with E-state index in [2.05, 4.69) is 26.1 Å². The van der Waals surface area contributed by atoms with E-state index in [4.69, 9.17) is 5.11 Å². The van der Waals surface area contributed by atoms with Gasteiger partial charge in [0, 0.05) is 12.1 Å². The molecule has 0 saturated heterocycles. The lowest BCUT2D eigenvalue weighted by atomic mass is 10.0. The first-order chi connectivity index (χ1) is 6.96. The number of carboxylic acids is 1. The van der Waals surface area contributed by atoms with Crippen molar-refractivity contribution in [3.63, 3.8) is 0 Å². The molecule has 2 N–H and O–H groups in total. The number of thiophene rings is 1. The van der Waals surface area contributed by atoms with Gasteiger partial charge >= 0.3 is 5.97 Å². The molecule has 0 saturated carbocycles. The van der Waals surface area contributed by atoms with E-state index >= 15 is 0 Å². The van der Waals surface area contributed by atoms with Crippen LogP contribution in [-0.4, -0.2) is 16.6 Å². The van der Waals surface area contributed by atoms with E-state index in [1.807, 2.05) is 11.4 Å². The average molecular weight is 227 g/mol. The Morgan fingerprint density at radius 3 is 2.80 bits per heavy atom. The maximum absolute atomic E-state index is 10.9. The summed E-state index contributed by atoms with van der Waals surface area (Å²) < 4.78 is 0. The molecule has 3 nitrogen and oxygen atoms in total. The van der Waals surface area contributed by atoms with Crippen molar-refractivity contribution in [3.05, 3.63) is 21.9 Å². The minimum atomic E-state index is -0.837. The SMILES string of the molecule is CCC(C)(C)NCc1ccsc1C(=O)O. The van der Waals surface area contributed by atoms with Crippen molar-refractivity contribution >= 4 is 17.3 Å². The molecular weight excluding hydrogens is 210 g/mol. The minimum Gasteiger partial charge on any atom is -0.477 e. The van der Waals surface area contributed by atoms with Gasteiger partial charge in [-0.15, -0.1) is 11.3 Å². The molecule has 84 valence electrons. The molecule has 0 unspecified atom stereocenters. The summed E-state index contributed by atoms with van der Waals surface area (Å²) in [7, 11) is 0. The number of carboxylic acid groups (broad SMARTS) is 1. The molecule has 0 bridgehead atoms. The lowest BCUT2D eigenvalue weighted by Gasteiger charge is -2.24. The van der Waals surface area contributed by atoms with Gasteiger partial charge in [-0.25, -0.2) is 4.79 Å². The molecule has 1 heterocycles. The molecule has 1 aromatic rings. The maximum Gasteiger partial charge on any atom is 0.346 e. The average Bonchev–Trinajstić information content (AvgIpc) is 2.63. The summed E-state index contributed by atoms with van der Waals surface area (Å²) in [5, 5.41) is 14.1. The molecule has 1 aromatic heterocycles. The Morgan fingerprint density at radius 1 is 1.60 bits per heavy atom. The molecule has 0 amide bonds. The van der Waals surface area contributed by atoms with Gasteiger partial charge in [0.05, 0.1) is 0 Å². The molecule has 0 aliphatic heterocycles. The van der Waals surface area contributed by atoms with Gasteiger partial charge in [-0.05, 0) is 37.3 Å². The molecule has 0 aliphatic rings. The van der Waals surface area contributed by atoms with Crippen molar-refractivity contribution < 1.29 is 9.90 Å². The van der Waals surface area contributed by atoms with Crippen LogP contribution >= 0.6 is 11.3 Å². The van der Waals surface area contributed by atoms with Gasteiger partial charge in [0.25, 0.3) is 0 Å². The lowest BCUT2D eigenvalue weighted by Crippen LogP contribution is -2.37. The zero-order chi connectivity index (χ0) is 11.5. The molecule has 0 atom stereocenters. The van der Waals surface area contributed by atoms with Crippen LogP contribution in [-0.2, 0) is 6.54 Å². The Bertz CT molecular complexity index is 344. The second kappa shape index (κ2) is 4.77. The van der Waals surface area contributed by atoms with E-state index in [0.29, 0.717) is 11.4 Å². The largest absolute Gasteiger partial charge is 0.477 e. The van der Waals surface area contributed by atoms with Crippen molar-refractivity contribution in [2.75, 3.05) is 0 Å². The predicted molar refractivity (Wildman–Crippen MR) is 62.5 cm³/mol. The Balaban J connectivity index is 2.65. The smallest absolute Gasteiger partial charge is 0.346 e. The van der Waals surface area contributed by atoms with Crippen molar-refractivity contribution in [2.45, 2.75) is 39.3 Å². The number of hydrogen-bond acceptors (Lipinski definition) is 3. The van der Waals surface area contributed by atoms with Crippen LogP contribution in [0.1, 0.15) is 42.4 Å². The zero-order valence-corrected chi connectivity index (χ0v) is 10.1. The van der Waals surface area contributed by atoms with Crippen LogP contribution in [0.5, 0.6) is 0 Å². The molecule has 0 spiro atoms. The number of aromatic carboxylic acids is 1. The number of nitrogens with one attached hydrogen (secondary N) is 1. The van der Waals surface area contributed by atoms with Crippen LogP contribution in [0.3, 0.4) is 0 Å². The second-order valence-electron chi connectivity index (χ2n) is 4.17. The number of rotatable bonds is 5. The van der Waals surface area contributed by atoms with Gasteiger partial charge in [0.15, 0.2) is 0 Å². The van der Waals surface area contributed by atoms with Crippen LogP contribution < -0.4 is 5.32 Å². The quantitative estimate of drug-likeness (QED) is 0.813. The first-order valence-corrected chi connectivity index (χ1v) is 5.89. The third kappa shape index (κ3) is 3.32. The maximum atomic E-state index is 10.9. The summed E-state index contributed by atoms with van der Waals surface area (Å²) in [4.78, 5) is 11.3. The number of carbonyl (C=O) groups is 1. The fraction of sp³-hybridized carbons (Fsp3) is 0.545. The number of hydrogen-bond donors (Lipinski definition) is 2. The normalized spacial score (nSPS) is 11.7. The van der Waals surface area contributed by atoms with Crippen molar-refractivity contribution in [2.24, 2.45) is 0 Å². The Morgan fingerprint density at radius 2 is 2.27 bits per heavy atom. The molecule has 0 fully saturated rings. The van der Waals surface area contributed by atoms with Crippen LogP contribution in [0, 0.1) is 0 Å². The second-order valence-corrected chi connectivity index (χ2v) is 5.09. The van der Waals surface area contributed by atoms with E-state index in [1.54, 1.807) is 0 Å². The summed E-state index contributed by atoms with van der Waals surface area (Å²) in [6.45, 7) is 6.95. The van der Waals surface area contributed by atoms with Gasteiger partial charge in [-0.2, -0.15) is 0 Å². The summed E-state index contributed by atoms with van der Waals surface area (Å²) in [5.74, 6) is -0.837. The molecular formula is C11H17NO2S. The zero-order valence-electron chi connectivity index (χ0n) is 9.33. The standard InChI is InChI=1S/C11H17NO2S/c1-4-11(2,3)12-7-8-5-6-15-9(8)10(13)14/h5-6,12H,4,7H2,1-3H3,(H,13,14). The van der Waals surface area contributed by atoms with Gasteiger partial charge in [0.1, 0.15) is 4.88 Å². The molecule has 1 rings (SSSR count). The third-order valence-corrected chi connectivity index (χ3v) is 3.53. The van der Waals surface area contributed by atoms with Gasteiger partial charge in [-0.3, -0.25) is 0 Å². The summed E-state index contributed by atoms with van der Waals surface area (Å²) in [6, 6.07) is 1.87. The van der Waals surface area contributed by atoms with Gasteiger partial charge in [0.2, 0.25) is 0 Å². The van der Waals surface area contributed by atoms with Gasteiger partial charge in [-0.1, -0.05) is 6.92 Å². The first-order valence-electron chi connectivity index (χ1n) is 5.01. The highest BCUT2D eigenvalue weighted by Gasteiger charge is 2.16. The molecule has 0 aliphatic carbocycles. The minimum absolute atomic E-state index is 0.0533. The highest BCUT2D eigenvalue weighted by atomic mass is 32.1. The van der Waals surface area contributed by atoms with Crippen LogP contribution in [0.2, 0.25) is 0 Å². The summed E-state index contributed by atoms with van der Waals surface area (Å²) >= 11 is 1.28. The van der Waals surface area contributed by atoms with Crippen molar-refractivity contribution in [1.82, 2.24) is 5.32 Å². The van der Waals surface area contributed by atoms with Crippen LogP contribution in [0.4, 0.5) is 0 Å². The van der Waals surface area contributed by atoms with Gasteiger partial charge < -0.3 is 10.4 Å². The first kappa shape index (κ1) is 12.2. The predicted octanol–water partition coefficient (Wildman–Crippen LogP) is 2.72.